The summed E-state index contributed by atoms with van der Waals surface area (Å²) < 4.78 is 1.73. The summed E-state index contributed by atoms with van der Waals surface area (Å²) in [5, 5.41) is 13.7. The molecule has 2 aromatic rings. The molecule has 0 bridgehead atoms. The van der Waals surface area contributed by atoms with E-state index in [0.717, 1.165) is 17.1 Å². The molecule has 0 spiro atoms. The number of thiazole rings is 1. The van der Waals surface area contributed by atoms with Crippen molar-refractivity contribution in [1.82, 2.24) is 14.8 Å². The van der Waals surface area contributed by atoms with Crippen LogP contribution in [0, 0.1) is 11.8 Å². The van der Waals surface area contributed by atoms with Gasteiger partial charge >= 0.3 is 0 Å². The minimum atomic E-state index is 0.0908. The fourth-order valence-corrected chi connectivity index (χ4v) is 2.06. The maximum atomic E-state index is 8.63. The summed E-state index contributed by atoms with van der Waals surface area (Å²) in [6.45, 7) is 2.19. The van der Waals surface area contributed by atoms with Crippen molar-refractivity contribution >= 4 is 11.3 Å². The zero-order valence-corrected chi connectivity index (χ0v) is 10.4. The summed E-state index contributed by atoms with van der Waals surface area (Å²) >= 11 is 1.63. The van der Waals surface area contributed by atoms with Crippen LogP contribution in [0.15, 0.2) is 18.6 Å². The highest BCUT2D eigenvalue weighted by Crippen LogP contribution is 2.17. The first-order valence-electron chi connectivity index (χ1n) is 5.43. The average molecular weight is 247 g/mol. The van der Waals surface area contributed by atoms with E-state index in [-0.39, 0.29) is 6.61 Å². The molecular weight excluding hydrogens is 234 g/mol. The Labute approximate surface area is 104 Å². The maximum absolute atomic E-state index is 8.63. The number of aliphatic hydroxyl groups excluding tert-OH is 1. The molecule has 0 aliphatic rings. The second kappa shape index (κ2) is 5.62. The van der Waals surface area contributed by atoms with E-state index in [1.807, 2.05) is 12.4 Å². The molecule has 88 valence electrons. The van der Waals surface area contributed by atoms with Gasteiger partial charge in [-0.15, -0.1) is 0 Å². The molecule has 2 heterocycles. The molecule has 0 amide bonds. The Morgan fingerprint density at radius 3 is 3.06 bits per heavy atom. The first-order valence-corrected chi connectivity index (χ1v) is 6.24. The van der Waals surface area contributed by atoms with Gasteiger partial charge in [0.15, 0.2) is 0 Å². The largest absolute Gasteiger partial charge is 0.395 e. The van der Waals surface area contributed by atoms with Gasteiger partial charge in [0.1, 0.15) is 0 Å². The van der Waals surface area contributed by atoms with Crippen LogP contribution in [-0.2, 0) is 6.42 Å². The first kappa shape index (κ1) is 11.8. The van der Waals surface area contributed by atoms with E-state index >= 15 is 0 Å². The van der Waals surface area contributed by atoms with Crippen LogP contribution in [0.3, 0.4) is 0 Å². The summed E-state index contributed by atoms with van der Waals surface area (Å²) in [5.74, 6) is 5.80. The van der Waals surface area contributed by atoms with Gasteiger partial charge in [-0.25, -0.2) is 9.67 Å². The van der Waals surface area contributed by atoms with Crippen LogP contribution in [0.25, 0.3) is 5.13 Å². The van der Waals surface area contributed by atoms with Crippen LogP contribution in [0.4, 0.5) is 0 Å². The molecule has 0 unspecified atom stereocenters. The summed E-state index contributed by atoms with van der Waals surface area (Å²) in [6, 6.07) is 0. The molecule has 0 saturated carbocycles. The van der Waals surface area contributed by atoms with Crippen molar-refractivity contribution in [1.29, 1.82) is 0 Å². The third-order valence-corrected chi connectivity index (χ3v) is 3.27. The van der Waals surface area contributed by atoms with Gasteiger partial charge in [0, 0.05) is 23.7 Å². The van der Waals surface area contributed by atoms with E-state index in [1.165, 1.54) is 4.88 Å². The predicted molar refractivity (Wildman–Crippen MR) is 67.2 cm³/mol. The molecular formula is C12H13N3OS. The number of aryl methyl sites for hydroxylation is 1. The molecule has 2 aromatic heterocycles. The Bertz CT molecular complexity index is 547. The lowest BCUT2D eigenvalue weighted by molar-refractivity contribution is 0.305. The number of rotatable bonds is 3. The number of hydrogen-bond acceptors (Lipinski definition) is 4. The van der Waals surface area contributed by atoms with Crippen molar-refractivity contribution in [3.63, 3.8) is 0 Å². The highest BCUT2D eigenvalue weighted by Gasteiger charge is 2.04. The van der Waals surface area contributed by atoms with Crippen LogP contribution < -0.4 is 0 Å². The number of aliphatic hydroxyl groups is 1. The predicted octanol–water partition coefficient (Wildman–Crippen LogP) is 1.63. The van der Waals surface area contributed by atoms with Gasteiger partial charge < -0.3 is 5.11 Å². The molecule has 1 N–H and O–H groups in total. The van der Waals surface area contributed by atoms with E-state index in [9.17, 15) is 0 Å². The molecule has 4 nitrogen and oxygen atoms in total. The number of hydrogen-bond donors (Lipinski definition) is 1. The minimum Gasteiger partial charge on any atom is -0.395 e. The van der Waals surface area contributed by atoms with Gasteiger partial charge in [-0.05, 0) is 6.42 Å². The molecule has 2 rings (SSSR count). The van der Waals surface area contributed by atoms with Crippen molar-refractivity contribution in [3.05, 3.63) is 29.0 Å². The fourth-order valence-electron chi connectivity index (χ4n) is 1.28. The Kier molecular flexibility index (Phi) is 3.91. The second-order valence-electron chi connectivity index (χ2n) is 3.41. The van der Waals surface area contributed by atoms with E-state index < -0.39 is 0 Å². The minimum absolute atomic E-state index is 0.0908. The molecule has 5 heteroatoms. The van der Waals surface area contributed by atoms with Crippen molar-refractivity contribution in [2.75, 3.05) is 6.61 Å². The maximum Gasteiger partial charge on any atom is 0.210 e. The standard InChI is InChI=1S/C12H13N3OS/c1-2-11-8-13-12(17-11)15-9-10(7-14-15)5-3-4-6-16/h7-9,16H,2,4,6H2,1H3. The Hall–Kier alpha value is -1.64. The highest BCUT2D eigenvalue weighted by molar-refractivity contribution is 7.14. The first-order chi connectivity index (χ1) is 8.33. The van der Waals surface area contributed by atoms with Gasteiger partial charge in [-0.3, -0.25) is 0 Å². The lowest BCUT2D eigenvalue weighted by atomic mass is 10.3. The highest BCUT2D eigenvalue weighted by atomic mass is 32.1. The van der Waals surface area contributed by atoms with Crippen molar-refractivity contribution in [3.8, 4) is 17.0 Å². The monoisotopic (exact) mass is 247 g/mol. The number of nitrogens with zero attached hydrogens (tertiary/aromatic N) is 3. The summed E-state index contributed by atoms with van der Waals surface area (Å²) in [7, 11) is 0. The molecule has 0 radical (unpaired) electrons. The summed E-state index contributed by atoms with van der Waals surface area (Å²) in [4.78, 5) is 5.54. The van der Waals surface area contributed by atoms with Gasteiger partial charge in [-0.1, -0.05) is 30.1 Å². The molecule has 0 aliphatic heterocycles. The lowest BCUT2D eigenvalue weighted by Crippen LogP contribution is -1.91. The molecule has 0 fully saturated rings. The number of aromatic nitrogens is 3. The third kappa shape index (κ3) is 2.93. The Balaban J connectivity index is 2.15. The average Bonchev–Trinajstić information content (AvgIpc) is 2.97. The third-order valence-electron chi connectivity index (χ3n) is 2.14. The Morgan fingerprint density at radius 1 is 1.47 bits per heavy atom. The zero-order valence-electron chi connectivity index (χ0n) is 9.55. The zero-order chi connectivity index (χ0) is 12.1. The Morgan fingerprint density at radius 2 is 2.35 bits per heavy atom. The van der Waals surface area contributed by atoms with E-state index in [0.29, 0.717) is 6.42 Å². The lowest BCUT2D eigenvalue weighted by Gasteiger charge is -1.91. The van der Waals surface area contributed by atoms with Crippen LogP contribution in [0.2, 0.25) is 0 Å². The van der Waals surface area contributed by atoms with Crippen LogP contribution in [0.5, 0.6) is 0 Å². The van der Waals surface area contributed by atoms with Crippen molar-refractivity contribution < 1.29 is 5.11 Å². The molecule has 17 heavy (non-hydrogen) atoms. The SMILES string of the molecule is CCc1cnc(-n2cc(C#CCCO)cn2)s1. The van der Waals surface area contributed by atoms with Crippen LogP contribution in [-0.4, -0.2) is 26.5 Å². The molecule has 0 atom stereocenters. The summed E-state index contributed by atoms with van der Waals surface area (Å²) in [5.41, 5.74) is 0.840. The van der Waals surface area contributed by atoms with E-state index in [2.05, 4.69) is 28.8 Å². The van der Waals surface area contributed by atoms with E-state index in [4.69, 9.17) is 5.11 Å². The normalized spacial score (nSPS) is 10.0. The van der Waals surface area contributed by atoms with Crippen LogP contribution >= 0.6 is 11.3 Å². The van der Waals surface area contributed by atoms with Gasteiger partial charge in [-0.2, -0.15) is 5.10 Å². The molecule has 0 saturated heterocycles. The van der Waals surface area contributed by atoms with Crippen molar-refractivity contribution in [2.24, 2.45) is 0 Å². The van der Waals surface area contributed by atoms with Gasteiger partial charge in [0.05, 0.1) is 18.4 Å². The second-order valence-corrected chi connectivity index (χ2v) is 4.51. The van der Waals surface area contributed by atoms with Crippen LogP contribution in [0.1, 0.15) is 23.8 Å². The fraction of sp³-hybridized carbons (Fsp3) is 0.333. The topological polar surface area (TPSA) is 50.9 Å². The summed E-state index contributed by atoms with van der Waals surface area (Å²) in [6.07, 6.45) is 6.91. The molecule has 0 aromatic carbocycles. The smallest absolute Gasteiger partial charge is 0.210 e. The van der Waals surface area contributed by atoms with Gasteiger partial charge in [0.25, 0.3) is 0 Å². The van der Waals surface area contributed by atoms with Gasteiger partial charge in [0.2, 0.25) is 5.13 Å². The molecule has 0 aliphatic carbocycles. The quantitative estimate of drug-likeness (QED) is 0.839. The van der Waals surface area contributed by atoms with Crippen molar-refractivity contribution in [2.45, 2.75) is 19.8 Å². The van der Waals surface area contributed by atoms with E-state index in [1.54, 1.807) is 22.2 Å².